The molecule has 2 nitrogen and oxygen atoms in total. The van der Waals surface area contributed by atoms with Crippen molar-refractivity contribution in [3.8, 4) is 0 Å². The SMILES string of the molecule is CCCCCCCCCCCCCCN1C=CN(C)C1CCCCCCCCCC. The van der Waals surface area contributed by atoms with Crippen LogP contribution in [-0.2, 0) is 0 Å². The summed E-state index contributed by atoms with van der Waals surface area (Å²) in [4.78, 5) is 5.04. The average Bonchev–Trinajstić information content (AvgIpc) is 3.10. The van der Waals surface area contributed by atoms with Crippen molar-refractivity contribution >= 4 is 0 Å². The lowest BCUT2D eigenvalue weighted by molar-refractivity contribution is 0.159. The Balaban J connectivity index is 1.94. The van der Waals surface area contributed by atoms with Gasteiger partial charge >= 0.3 is 0 Å². The van der Waals surface area contributed by atoms with E-state index in [-0.39, 0.29) is 0 Å². The number of nitrogens with zero attached hydrogens (tertiary/aromatic N) is 2. The molecule has 0 aromatic carbocycles. The molecule has 0 saturated carbocycles. The molecular formula is C28H56N2. The van der Waals surface area contributed by atoms with E-state index in [1.54, 1.807) is 0 Å². The Hall–Kier alpha value is -0.660. The van der Waals surface area contributed by atoms with Crippen molar-refractivity contribution in [1.29, 1.82) is 0 Å². The van der Waals surface area contributed by atoms with Gasteiger partial charge in [0, 0.05) is 26.0 Å². The molecule has 0 bridgehead atoms. The highest BCUT2D eigenvalue weighted by Gasteiger charge is 2.22. The molecular weight excluding hydrogens is 364 g/mol. The van der Waals surface area contributed by atoms with Gasteiger partial charge in [0.2, 0.25) is 0 Å². The molecule has 1 aliphatic rings. The number of hydrogen-bond donors (Lipinski definition) is 0. The third kappa shape index (κ3) is 14.4. The fourth-order valence-electron chi connectivity index (χ4n) is 4.81. The fraction of sp³-hybridized carbons (Fsp3) is 0.929. The highest BCUT2D eigenvalue weighted by molar-refractivity contribution is 4.95. The van der Waals surface area contributed by atoms with E-state index in [1.165, 1.54) is 141 Å². The monoisotopic (exact) mass is 420 g/mol. The molecule has 0 aliphatic carbocycles. The van der Waals surface area contributed by atoms with Gasteiger partial charge in [0.1, 0.15) is 6.17 Å². The highest BCUT2D eigenvalue weighted by atomic mass is 15.4. The Morgan fingerprint density at radius 2 is 0.900 bits per heavy atom. The van der Waals surface area contributed by atoms with Crippen molar-refractivity contribution in [2.24, 2.45) is 0 Å². The van der Waals surface area contributed by atoms with Gasteiger partial charge in [0.25, 0.3) is 0 Å². The van der Waals surface area contributed by atoms with Crippen LogP contribution in [0.15, 0.2) is 12.4 Å². The minimum Gasteiger partial charge on any atom is -0.359 e. The number of rotatable bonds is 22. The lowest BCUT2D eigenvalue weighted by atomic mass is 10.0. The summed E-state index contributed by atoms with van der Waals surface area (Å²) in [5, 5.41) is 0. The Morgan fingerprint density at radius 3 is 1.37 bits per heavy atom. The lowest BCUT2D eigenvalue weighted by Gasteiger charge is -2.30. The lowest BCUT2D eigenvalue weighted by Crippen LogP contribution is -2.37. The van der Waals surface area contributed by atoms with E-state index in [0.717, 1.165) is 0 Å². The van der Waals surface area contributed by atoms with Gasteiger partial charge in [0.15, 0.2) is 0 Å². The first-order valence-corrected chi connectivity index (χ1v) is 14.0. The predicted octanol–water partition coefficient (Wildman–Crippen LogP) is 9.26. The molecule has 1 heterocycles. The van der Waals surface area contributed by atoms with E-state index in [2.05, 4.69) is 43.1 Å². The van der Waals surface area contributed by atoms with Gasteiger partial charge in [-0.25, -0.2) is 0 Å². The molecule has 30 heavy (non-hydrogen) atoms. The smallest absolute Gasteiger partial charge is 0.100 e. The molecule has 2 heteroatoms. The molecule has 0 radical (unpaired) electrons. The van der Waals surface area contributed by atoms with Gasteiger partial charge in [-0.15, -0.1) is 0 Å². The first-order valence-electron chi connectivity index (χ1n) is 14.0. The summed E-state index contributed by atoms with van der Waals surface area (Å²) in [6.07, 6.45) is 35.2. The molecule has 0 fully saturated rings. The molecule has 0 aromatic heterocycles. The van der Waals surface area contributed by atoms with Crippen LogP contribution in [0, 0.1) is 0 Å². The second-order valence-electron chi connectivity index (χ2n) is 9.83. The van der Waals surface area contributed by atoms with Crippen molar-refractivity contribution in [2.75, 3.05) is 13.6 Å². The van der Waals surface area contributed by atoms with Crippen LogP contribution < -0.4 is 0 Å². The van der Waals surface area contributed by atoms with Crippen LogP contribution in [0.3, 0.4) is 0 Å². The Kier molecular flexibility index (Phi) is 18.5. The van der Waals surface area contributed by atoms with Crippen LogP contribution in [0.1, 0.15) is 149 Å². The van der Waals surface area contributed by atoms with Gasteiger partial charge < -0.3 is 9.80 Å². The van der Waals surface area contributed by atoms with E-state index < -0.39 is 0 Å². The topological polar surface area (TPSA) is 6.48 Å². The van der Waals surface area contributed by atoms with Crippen LogP contribution in [0.25, 0.3) is 0 Å². The van der Waals surface area contributed by atoms with E-state index >= 15 is 0 Å². The maximum Gasteiger partial charge on any atom is 0.100 e. The first kappa shape index (κ1) is 27.4. The third-order valence-electron chi connectivity index (χ3n) is 6.93. The zero-order valence-electron chi connectivity index (χ0n) is 21.2. The second-order valence-corrected chi connectivity index (χ2v) is 9.83. The summed E-state index contributed by atoms with van der Waals surface area (Å²) in [6, 6.07) is 0. The maximum atomic E-state index is 2.61. The molecule has 1 atom stereocenters. The zero-order valence-corrected chi connectivity index (χ0v) is 21.2. The Morgan fingerprint density at radius 1 is 0.500 bits per heavy atom. The summed E-state index contributed by atoms with van der Waals surface area (Å²) < 4.78 is 0. The largest absolute Gasteiger partial charge is 0.359 e. The highest BCUT2D eigenvalue weighted by Crippen LogP contribution is 2.21. The van der Waals surface area contributed by atoms with Crippen molar-refractivity contribution in [2.45, 2.75) is 155 Å². The molecule has 0 saturated heterocycles. The van der Waals surface area contributed by atoms with Crippen molar-refractivity contribution in [1.82, 2.24) is 9.80 Å². The summed E-state index contributed by atoms with van der Waals surface area (Å²) >= 11 is 0. The minimum absolute atomic E-state index is 0.623. The minimum atomic E-state index is 0.623. The zero-order chi connectivity index (χ0) is 21.7. The van der Waals surface area contributed by atoms with Crippen LogP contribution in [0.5, 0.6) is 0 Å². The molecule has 1 aliphatic heterocycles. The average molecular weight is 421 g/mol. The summed E-state index contributed by atoms with van der Waals surface area (Å²) in [5.41, 5.74) is 0. The molecule has 1 unspecified atom stereocenters. The van der Waals surface area contributed by atoms with Crippen molar-refractivity contribution in [3.05, 3.63) is 12.4 Å². The van der Waals surface area contributed by atoms with Gasteiger partial charge in [-0.2, -0.15) is 0 Å². The number of unbranched alkanes of at least 4 members (excludes halogenated alkanes) is 18. The molecule has 0 amide bonds. The Labute approximate surface area is 190 Å². The summed E-state index contributed by atoms with van der Waals surface area (Å²) in [5.74, 6) is 0. The summed E-state index contributed by atoms with van der Waals surface area (Å²) in [7, 11) is 2.26. The van der Waals surface area contributed by atoms with Gasteiger partial charge in [-0.05, 0) is 19.3 Å². The van der Waals surface area contributed by atoms with Gasteiger partial charge in [-0.1, -0.05) is 129 Å². The first-order chi connectivity index (χ1) is 14.8. The fourth-order valence-corrected chi connectivity index (χ4v) is 4.81. The van der Waals surface area contributed by atoms with Crippen LogP contribution in [-0.4, -0.2) is 29.6 Å². The molecule has 0 N–H and O–H groups in total. The quantitative estimate of drug-likeness (QED) is 0.161. The van der Waals surface area contributed by atoms with Gasteiger partial charge in [0.05, 0.1) is 0 Å². The molecule has 0 spiro atoms. The molecule has 0 aromatic rings. The predicted molar refractivity (Wildman–Crippen MR) is 136 cm³/mol. The summed E-state index contributed by atoms with van der Waals surface area (Å²) in [6.45, 7) is 5.85. The Bertz CT molecular complexity index is 379. The number of hydrogen-bond acceptors (Lipinski definition) is 2. The van der Waals surface area contributed by atoms with E-state index in [1.807, 2.05) is 0 Å². The third-order valence-corrected chi connectivity index (χ3v) is 6.93. The molecule has 1 rings (SSSR count). The van der Waals surface area contributed by atoms with Crippen LogP contribution >= 0.6 is 0 Å². The normalized spacial score (nSPS) is 16.2. The van der Waals surface area contributed by atoms with Gasteiger partial charge in [-0.3, -0.25) is 0 Å². The van der Waals surface area contributed by atoms with Crippen LogP contribution in [0.4, 0.5) is 0 Å². The van der Waals surface area contributed by atoms with Crippen LogP contribution in [0.2, 0.25) is 0 Å². The van der Waals surface area contributed by atoms with E-state index in [0.29, 0.717) is 6.17 Å². The van der Waals surface area contributed by atoms with Crippen molar-refractivity contribution < 1.29 is 0 Å². The molecule has 178 valence electrons. The van der Waals surface area contributed by atoms with E-state index in [4.69, 9.17) is 0 Å². The second kappa shape index (κ2) is 20.3. The maximum absolute atomic E-state index is 2.61. The van der Waals surface area contributed by atoms with Crippen molar-refractivity contribution in [3.63, 3.8) is 0 Å². The van der Waals surface area contributed by atoms with E-state index in [9.17, 15) is 0 Å². The standard InChI is InChI=1S/C28H56N2/c1-4-6-8-10-12-14-15-16-17-19-21-23-25-30-27-26-29(3)28(30)24-22-20-18-13-11-9-7-5-2/h26-28H,4-25H2,1-3H3.